The zero-order valence-corrected chi connectivity index (χ0v) is 9.79. The van der Waals surface area contributed by atoms with Crippen LogP contribution in [0.3, 0.4) is 0 Å². The van der Waals surface area contributed by atoms with Gasteiger partial charge in [0.1, 0.15) is 11.6 Å². The third-order valence-corrected chi connectivity index (χ3v) is 4.20. The van der Waals surface area contributed by atoms with E-state index in [0.29, 0.717) is 0 Å². The van der Waals surface area contributed by atoms with E-state index in [1.165, 1.54) is 0 Å². The van der Waals surface area contributed by atoms with Gasteiger partial charge in [-0.2, -0.15) is 0 Å². The molecule has 0 spiro atoms. The van der Waals surface area contributed by atoms with Crippen LogP contribution in [0.25, 0.3) is 0 Å². The van der Waals surface area contributed by atoms with Crippen molar-refractivity contribution in [2.24, 2.45) is 0 Å². The second kappa shape index (κ2) is 4.08. The van der Waals surface area contributed by atoms with Crippen molar-refractivity contribution in [2.75, 3.05) is 0 Å². The Labute approximate surface area is 95.7 Å². The number of hydrogen-bond donors (Lipinski definition) is 0. The average Bonchev–Trinajstić information content (AvgIpc) is 2.09. The van der Waals surface area contributed by atoms with Crippen molar-refractivity contribution >= 4 is 44.4 Å². The van der Waals surface area contributed by atoms with Crippen molar-refractivity contribution in [1.29, 1.82) is 0 Å². The Kier molecular flexibility index (Phi) is 3.54. The summed E-state index contributed by atoms with van der Waals surface area (Å²) in [6.45, 7) is 0. The van der Waals surface area contributed by atoms with Crippen LogP contribution in [0, 0.1) is 29.1 Å². The standard InChI is InChI=1S/C6Cl3F5Si/c7-15(8,9)6-4(13)2(11)1(10)3(12)5(6)14/q-1. The molecule has 0 atom stereocenters. The molecule has 15 heavy (non-hydrogen) atoms. The lowest BCUT2D eigenvalue weighted by Crippen LogP contribution is -2.38. The van der Waals surface area contributed by atoms with Gasteiger partial charge in [0.2, 0.25) is 0 Å². The van der Waals surface area contributed by atoms with Gasteiger partial charge in [-0.05, 0) is 0 Å². The lowest BCUT2D eigenvalue weighted by molar-refractivity contribution is 0.384. The van der Waals surface area contributed by atoms with Crippen LogP contribution in [-0.2, 0) is 0 Å². The highest BCUT2D eigenvalue weighted by Crippen LogP contribution is 2.26. The zero-order chi connectivity index (χ0) is 12.0. The zero-order valence-electron chi connectivity index (χ0n) is 6.52. The maximum Gasteiger partial charge on any atom is 0.200 e. The third kappa shape index (κ3) is 2.22. The van der Waals surface area contributed by atoms with Crippen LogP contribution in [0.1, 0.15) is 0 Å². The largest absolute Gasteiger partial charge is 0.315 e. The molecule has 1 aromatic carbocycles. The highest BCUT2D eigenvalue weighted by Gasteiger charge is 2.30. The Morgan fingerprint density at radius 3 is 1.13 bits per heavy atom. The Bertz CT molecular complexity index is 387. The molecule has 0 aliphatic rings. The summed E-state index contributed by atoms with van der Waals surface area (Å²) in [4.78, 5) is 0. The van der Waals surface area contributed by atoms with Crippen LogP contribution in [0.15, 0.2) is 0 Å². The monoisotopic (exact) mass is 300 g/mol. The summed E-state index contributed by atoms with van der Waals surface area (Å²) in [5.74, 6) is -10.7. The molecule has 0 amide bonds. The highest BCUT2D eigenvalue weighted by atomic mass is 35.8. The van der Waals surface area contributed by atoms with Gasteiger partial charge in [-0.25, -0.2) is 22.0 Å². The summed E-state index contributed by atoms with van der Waals surface area (Å²) < 4.78 is 63.7. The van der Waals surface area contributed by atoms with Crippen LogP contribution < -0.4 is 5.19 Å². The van der Waals surface area contributed by atoms with Crippen LogP contribution in [0.4, 0.5) is 22.0 Å². The number of rotatable bonds is 1. The molecule has 0 aliphatic heterocycles. The van der Waals surface area contributed by atoms with Crippen molar-refractivity contribution in [1.82, 2.24) is 0 Å². The number of halogens is 8. The van der Waals surface area contributed by atoms with E-state index >= 15 is 0 Å². The maximum atomic E-state index is 13.0. The molecule has 0 aliphatic carbocycles. The molecule has 85 valence electrons. The van der Waals surface area contributed by atoms with E-state index in [4.69, 9.17) is 33.2 Å². The molecule has 9 heteroatoms. The molecule has 0 nitrogen and oxygen atoms in total. The lowest BCUT2D eigenvalue weighted by Gasteiger charge is -2.24. The predicted octanol–water partition coefficient (Wildman–Crippen LogP) is 3.24. The molecule has 1 aromatic rings. The van der Waals surface area contributed by atoms with Gasteiger partial charge >= 0.3 is 0 Å². The summed E-state index contributed by atoms with van der Waals surface area (Å²) in [6, 6.07) is -4.19. The molecule has 0 bridgehead atoms. The molecule has 0 fully saturated rings. The van der Waals surface area contributed by atoms with E-state index in [2.05, 4.69) is 0 Å². The summed E-state index contributed by atoms with van der Waals surface area (Å²) >= 11 is 15.6. The molecular weight excluding hydrogens is 302 g/mol. The van der Waals surface area contributed by atoms with Gasteiger partial charge in [0.05, 0.1) is 0 Å². The van der Waals surface area contributed by atoms with E-state index in [1.807, 2.05) is 0 Å². The molecule has 1 rings (SSSR count). The van der Waals surface area contributed by atoms with Crippen LogP contribution in [0.5, 0.6) is 0 Å². The maximum absolute atomic E-state index is 13.0. The van der Waals surface area contributed by atoms with Crippen LogP contribution in [0.2, 0.25) is 0 Å². The fourth-order valence-electron chi connectivity index (χ4n) is 0.854. The summed E-state index contributed by atoms with van der Waals surface area (Å²) in [5.41, 5.74) is 0. The molecule has 0 unspecified atom stereocenters. The van der Waals surface area contributed by atoms with Gasteiger partial charge in [0.25, 0.3) is 0 Å². The predicted molar refractivity (Wildman–Crippen MR) is 49.2 cm³/mol. The summed E-state index contributed by atoms with van der Waals surface area (Å²) in [7, 11) is 0. The van der Waals surface area contributed by atoms with E-state index in [1.54, 1.807) is 0 Å². The minimum atomic E-state index is -4.19. The van der Waals surface area contributed by atoms with E-state index in [0.717, 1.165) is 0 Å². The van der Waals surface area contributed by atoms with E-state index < -0.39 is 40.3 Å². The lowest BCUT2D eigenvalue weighted by atomic mass is 10.3. The Morgan fingerprint density at radius 2 is 0.867 bits per heavy atom. The smallest absolute Gasteiger partial charge is 0.200 e. The van der Waals surface area contributed by atoms with Gasteiger partial charge in [0.15, 0.2) is 23.5 Å². The summed E-state index contributed by atoms with van der Waals surface area (Å²) in [5, 5.41) is -1.36. The molecule has 0 saturated heterocycles. The first-order chi connectivity index (χ1) is 6.68. The third-order valence-electron chi connectivity index (χ3n) is 1.49. The Balaban J connectivity index is 3.68. The van der Waals surface area contributed by atoms with Crippen LogP contribution >= 0.6 is 33.2 Å². The quantitative estimate of drug-likeness (QED) is 0.246. The fourth-order valence-corrected chi connectivity index (χ4v) is 3.06. The van der Waals surface area contributed by atoms with E-state index in [9.17, 15) is 22.0 Å². The van der Waals surface area contributed by atoms with Crippen molar-refractivity contribution in [3.05, 3.63) is 29.1 Å². The first-order valence-corrected chi connectivity index (χ1v) is 8.30. The molecule has 0 saturated carbocycles. The van der Waals surface area contributed by atoms with Gasteiger partial charge in [-0.15, -0.1) is 0 Å². The van der Waals surface area contributed by atoms with Gasteiger partial charge in [0, 0.05) is 0 Å². The fraction of sp³-hybridized carbons (Fsp3) is 0. The Hall–Kier alpha value is -0.0431. The van der Waals surface area contributed by atoms with E-state index in [-0.39, 0.29) is 0 Å². The van der Waals surface area contributed by atoms with Crippen molar-refractivity contribution in [2.45, 2.75) is 0 Å². The molecule has 0 heterocycles. The first kappa shape index (κ1) is 13.0. The minimum Gasteiger partial charge on any atom is -0.315 e. The minimum absolute atomic E-state index is 1.36. The molecule has 0 radical (unpaired) electrons. The van der Waals surface area contributed by atoms with Gasteiger partial charge in [-0.3, -0.25) is 0 Å². The average molecular weight is 302 g/mol. The number of hydrogen-bond acceptors (Lipinski definition) is 0. The summed E-state index contributed by atoms with van der Waals surface area (Å²) in [6.07, 6.45) is 0. The molecular formula is C6Cl3F5Si-. The Morgan fingerprint density at radius 1 is 0.600 bits per heavy atom. The van der Waals surface area contributed by atoms with Crippen LogP contribution in [-0.4, -0.2) is 6.00 Å². The highest BCUT2D eigenvalue weighted by molar-refractivity contribution is 7.69. The van der Waals surface area contributed by atoms with Crippen molar-refractivity contribution in [3.8, 4) is 0 Å². The van der Waals surface area contributed by atoms with Crippen molar-refractivity contribution in [3.63, 3.8) is 0 Å². The van der Waals surface area contributed by atoms with Gasteiger partial charge in [-0.1, -0.05) is 5.19 Å². The van der Waals surface area contributed by atoms with Crippen molar-refractivity contribution < 1.29 is 22.0 Å². The molecule has 0 N–H and O–H groups in total. The first-order valence-electron chi connectivity index (χ1n) is 3.26. The van der Waals surface area contributed by atoms with Gasteiger partial charge < -0.3 is 33.2 Å². The normalized spacial score (nSPS) is 12.0. The SMILES string of the molecule is Fc1c(F)c(F)c([Si-](Cl)(Cl)Cl)c(F)c1F. The second-order valence-electron chi connectivity index (χ2n) is 2.44. The molecule has 0 aromatic heterocycles. The second-order valence-corrected chi connectivity index (χ2v) is 10.8. The number of benzene rings is 1. The topological polar surface area (TPSA) is 0 Å².